The summed E-state index contributed by atoms with van der Waals surface area (Å²) in [5.74, 6) is 0. The molecule has 0 saturated heterocycles. The van der Waals surface area contributed by atoms with E-state index in [9.17, 15) is 0 Å². The molecule has 0 spiro atoms. The lowest BCUT2D eigenvalue weighted by molar-refractivity contribution is 0.669. The van der Waals surface area contributed by atoms with E-state index in [1.165, 1.54) is 122 Å². The van der Waals surface area contributed by atoms with E-state index in [-0.39, 0.29) is 0 Å². The number of fused-ring (bicyclic) bond motifs is 3. The molecule has 0 atom stereocenters. The van der Waals surface area contributed by atoms with Crippen molar-refractivity contribution < 1.29 is 4.42 Å². The first kappa shape index (κ1) is 38.1. The Morgan fingerprint density at radius 3 is 0.949 bits per heavy atom. The maximum Gasteiger partial charge on any atom is 0.135 e. The Balaban J connectivity index is 1.36. The number of rotatable bonds is 6. The highest BCUT2D eigenvalue weighted by molar-refractivity contribution is 6.11. The van der Waals surface area contributed by atoms with Crippen molar-refractivity contribution in [1.82, 2.24) is 0 Å². The summed E-state index contributed by atoms with van der Waals surface area (Å²) in [5, 5.41) is 2.24. The van der Waals surface area contributed by atoms with E-state index in [1.807, 2.05) is 0 Å². The van der Waals surface area contributed by atoms with Crippen molar-refractivity contribution in [3.63, 3.8) is 0 Å². The van der Waals surface area contributed by atoms with Gasteiger partial charge in [-0.25, -0.2) is 0 Å². The van der Waals surface area contributed by atoms with Gasteiger partial charge in [0, 0.05) is 10.8 Å². The highest BCUT2D eigenvalue weighted by Crippen LogP contribution is 2.49. The molecule has 1 nitrogen and oxygen atoms in total. The molecule has 8 aromatic carbocycles. The van der Waals surface area contributed by atoms with Crippen molar-refractivity contribution in [1.29, 1.82) is 0 Å². The standard InChI is InChI=1S/C58H52O/c1-33-16-11-17-34(2)51(33)45-24-15-25-46(52-35(3)18-12-19-36(52)4)57(45)43-26-28-49-47(31-43)48-32-44(27-29-50(48)59-49)58-55(53-37(5)20-13-21-38(53)6)41(9)30-42(10)56(58)54-39(7)22-14-23-40(54)8/h11-32H,1-10H3. The molecule has 1 aromatic heterocycles. The Bertz CT molecular complexity index is 2920. The van der Waals surface area contributed by atoms with E-state index in [0.717, 1.165) is 21.9 Å². The Morgan fingerprint density at radius 2 is 0.576 bits per heavy atom. The molecule has 0 aliphatic carbocycles. The molecule has 59 heavy (non-hydrogen) atoms. The van der Waals surface area contributed by atoms with E-state index in [1.54, 1.807) is 0 Å². The second kappa shape index (κ2) is 14.7. The monoisotopic (exact) mass is 764 g/mol. The fourth-order valence-electron chi connectivity index (χ4n) is 10.2. The maximum absolute atomic E-state index is 6.69. The van der Waals surface area contributed by atoms with Gasteiger partial charge in [0.15, 0.2) is 0 Å². The lowest BCUT2D eigenvalue weighted by atomic mass is 9.78. The van der Waals surface area contributed by atoms with Crippen LogP contribution in [-0.2, 0) is 0 Å². The maximum atomic E-state index is 6.69. The summed E-state index contributed by atoms with van der Waals surface area (Å²) in [5.41, 5.74) is 29.8. The summed E-state index contributed by atoms with van der Waals surface area (Å²) in [7, 11) is 0. The van der Waals surface area contributed by atoms with Crippen LogP contribution in [0.5, 0.6) is 0 Å². The minimum Gasteiger partial charge on any atom is -0.456 e. The van der Waals surface area contributed by atoms with Crippen LogP contribution >= 0.6 is 0 Å². The highest BCUT2D eigenvalue weighted by Gasteiger charge is 2.25. The molecule has 0 N–H and O–H groups in total. The van der Waals surface area contributed by atoms with E-state index in [2.05, 4.69) is 203 Å². The topological polar surface area (TPSA) is 13.1 Å². The minimum atomic E-state index is 0.893. The smallest absolute Gasteiger partial charge is 0.135 e. The number of furan rings is 1. The Kier molecular flexibility index (Phi) is 9.52. The normalized spacial score (nSPS) is 11.6. The molecule has 1 heterocycles. The third kappa shape index (κ3) is 6.32. The Labute approximate surface area is 350 Å². The first-order valence-corrected chi connectivity index (χ1v) is 20.9. The Morgan fingerprint density at radius 1 is 0.254 bits per heavy atom. The van der Waals surface area contributed by atoms with Crippen LogP contribution in [0.4, 0.5) is 0 Å². The van der Waals surface area contributed by atoms with Crippen LogP contribution in [0, 0.1) is 69.2 Å². The van der Waals surface area contributed by atoms with Gasteiger partial charge in [-0.2, -0.15) is 0 Å². The number of aryl methyl sites for hydroxylation is 10. The fourth-order valence-corrected chi connectivity index (χ4v) is 10.2. The van der Waals surface area contributed by atoms with Crippen molar-refractivity contribution in [2.75, 3.05) is 0 Å². The predicted octanol–water partition coefficient (Wildman–Crippen LogP) is 16.7. The van der Waals surface area contributed by atoms with Gasteiger partial charge in [0.2, 0.25) is 0 Å². The van der Waals surface area contributed by atoms with Gasteiger partial charge >= 0.3 is 0 Å². The summed E-state index contributed by atoms with van der Waals surface area (Å²) >= 11 is 0. The summed E-state index contributed by atoms with van der Waals surface area (Å²) in [6.07, 6.45) is 0. The van der Waals surface area contributed by atoms with Crippen molar-refractivity contribution >= 4 is 21.9 Å². The zero-order valence-corrected chi connectivity index (χ0v) is 36.1. The van der Waals surface area contributed by atoms with Gasteiger partial charge < -0.3 is 4.42 Å². The third-order valence-electron chi connectivity index (χ3n) is 12.8. The van der Waals surface area contributed by atoms with Gasteiger partial charge in [-0.15, -0.1) is 0 Å². The van der Waals surface area contributed by atoms with E-state index in [4.69, 9.17) is 4.42 Å². The lowest BCUT2D eigenvalue weighted by Gasteiger charge is -2.25. The molecule has 0 fully saturated rings. The van der Waals surface area contributed by atoms with Crippen LogP contribution in [0.15, 0.2) is 138 Å². The summed E-state index contributed by atoms with van der Waals surface area (Å²) in [4.78, 5) is 0. The first-order valence-electron chi connectivity index (χ1n) is 20.9. The highest BCUT2D eigenvalue weighted by atomic mass is 16.3. The van der Waals surface area contributed by atoms with Crippen LogP contribution in [0.2, 0.25) is 0 Å². The molecular weight excluding hydrogens is 713 g/mol. The molecule has 0 aliphatic heterocycles. The van der Waals surface area contributed by atoms with Gasteiger partial charge in [0.25, 0.3) is 0 Å². The quantitative estimate of drug-likeness (QED) is 0.164. The van der Waals surface area contributed by atoms with E-state index >= 15 is 0 Å². The summed E-state index contributed by atoms with van der Waals surface area (Å²) in [6.45, 7) is 22.5. The molecule has 9 aromatic rings. The van der Waals surface area contributed by atoms with Gasteiger partial charge in [0.1, 0.15) is 11.2 Å². The van der Waals surface area contributed by atoms with Crippen LogP contribution in [0.3, 0.4) is 0 Å². The molecular formula is C58H52O. The molecule has 290 valence electrons. The average Bonchev–Trinajstić information content (AvgIpc) is 3.56. The molecule has 0 aliphatic rings. The number of hydrogen-bond donors (Lipinski definition) is 0. The number of benzene rings is 8. The number of hydrogen-bond acceptors (Lipinski definition) is 1. The molecule has 0 saturated carbocycles. The summed E-state index contributed by atoms with van der Waals surface area (Å²) < 4.78 is 6.69. The van der Waals surface area contributed by atoms with Crippen LogP contribution < -0.4 is 0 Å². The van der Waals surface area contributed by atoms with E-state index in [0.29, 0.717) is 0 Å². The molecule has 0 radical (unpaired) electrons. The van der Waals surface area contributed by atoms with Crippen molar-refractivity contribution in [2.45, 2.75) is 69.2 Å². The predicted molar refractivity (Wildman–Crippen MR) is 254 cm³/mol. The second-order valence-electron chi connectivity index (χ2n) is 17.0. The minimum absolute atomic E-state index is 0.893. The Hall–Kier alpha value is -6.44. The lowest BCUT2D eigenvalue weighted by Crippen LogP contribution is -2.01. The van der Waals surface area contributed by atoms with E-state index < -0.39 is 0 Å². The zero-order valence-electron chi connectivity index (χ0n) is 36.1. The molecule has 0 bridgehead atoms. The molecule has 0 amide bonds. The average molecular weight is 765 g/mol. The molecule has 1 heteroatoms. The van der Waals surface area contributed by atoms with Gasteiger partial charge in [0.05, 0.1) is 0 Å². The van der Waals surface area contributed by atoms with Crippen molar-refractivity contribution in [2.24, 2.45) is 0 Å². The molecule has 0 unspecified atom stereocenters. The largest absolute Gasteiger partial charge is 0.456 e. The fraction of sp³-hybridized carbons (Fsp3) is 0.172. The van der Waals surface area contributed by atoms with Crippen LogP contribution in [0.1, 0.15) is 55.6 Å². The van der Waals surface area contributed by atoms with Gasteiger partial charge in [-0.05, 0) is 216 Å². The van der Waals surface area contributed by atoms with Gasteiger partial charge in [-0.1, -0.05) is 109 Å². The van der Waals surface area contributed by atoms with Crippen LogP contribution in [0.25, 0.3) is 88.7 Å². The first-order chi connectivity index (χ1) is 28.4. The SMILES string of the molecule is Cc1cccc(C)c1-c1cccc(-c2c(C)cccc2C)c1-c1ccc2oc3ccc(-c4c(-c5c(C)cccc5C)c(C)cc(C)c4-c4c(C)cccc4C)cc3c2c1. The van der Waals surface area contributed by atoms with Crippen molar-refractivity contribution in [3.05, 3.63) is 189 Å². The zero-order chi connectivity index (χ0) is 41.3. The molecule has 9 rings (SSSR count). The summed E-state index contributed by atoms with van der Waals surface area (Å²) in [6, 6.07) is 49.6. The second-order valence-corrected chi connectivity index (χ2v) is 17.0. The van der Waals surface area contributed by atoms with Crippen LogP contribution in [-0.4, -0.2) is 0 Å². The third-order valence-corrected chi connectivity index (χ3v) is 12.8. The van der Waals surface area contributed by atoms with Crippen molar-refractivity contribution in [3.8, 4) is 66.8 Å². The van der Waals surface area contributed by atoms with Gasteiger partial charge in [-0.3, -0.25) is 0 Å².